The van der Waals surface area contributed by atoms with E-state index in [2.05, 4.69) is 29.6 Å². The van der Waals surface area contributed by atoms with Crippen molar-refractivity contribution >= 4 is 33.4 Å². The molecular weight excluding hydrogens is 354 g/mol. The van der Waals surface area contributed by atoms with E-state index >= 15 is 0 Å². The maximum absolute atomic E-state index is 12.3. The highest BCUT2D eigenvalue weighted by Gasteiger charge is 2.25. The first-order chi connectivity index (χ1) is 13.2. The molecule has 0 unspecified atom stereocenters. The zero-order valence-electron chi connectivity index (χ0n) is 15.2. The molecule has 1 heterocycles. The SMILES string of the molecule is O=C(NCc1c(C/C=C/c2ccccc2)sc2ccc(O)cc12)C1CCC1. The molecule has 4 rings (SSSR count). The lowest BCUT2D eigenvalue weighted by molar-refractivity contribution is -0.127. The topological polar surface area (TPSA) is 49.3 Å². The van der Waals surface area contributed by atoms with Crippen molar-refractivity contribution in [3.63, 3.8) is 0 Å². The standard InChI is InChI=1S/C23H23NO2S/c25-18-12-13-22-19(14-18)20(15-24-23(26)17-9-5-10-17)21(27-22)11-4-8-16-6-2-1-3-7-16/h1-4,6-8,12-14,17,25H,5,9-11,15H2,(H,24,26)/b8-4+. The van der Waals surface area contributed by atoms with Crippen molar-refractivity contribution in [1.82, 2.24) is 5.32 Å². The number of phenolic OH excluding ortho intramolecular Hbond substituents is 1. The predicted octanol–water partition coefficient (Wildman–Crippen LogP) is 5.28. The second kappa shape index (κ2) is 7.97. The van der Waals surface area contributed by atoms with Gasteiger partial charge in [0, 0.05) is 33.8 Å². The number of amides is 1. The van der Waals surface area contributed by atoms with Gasteiger partial charge in [0.25, 0.3) is 0 Å². The summed E-state index contributed by atoms with van der Waals surface area (Å²) in [6, 6.07) is 15.7. The van der Waals surface area contributed by atoms with E-state index in [-0.39, 0.29) is 17.6 Å². The highest BCUT2D eigenvalue weighted by Crippen LogP contribution is 2.34. The third-order valence-electron chi connectivity index (χ3n) is 5.19. The maximum atomic E-state index is 12.3. The van der Waals surface area contributed by atoms with Crippen molar-refractivity contribution < 1.29 is 9.90 Å². The number of benzene rings is 2. The van der Waals surface area contributed by atoms with Crippen molar-refractivity contribution in [3.05, 3.63) is 70.6 Å². The first-order valence-corrected chi connectivity index (χ1v) is 10.2. The Labute approximate surface area is 163 Å². The van der Waals surface area contributed by atoms with Crippen LogP contribution < -0.4 is 5.32 Å². The number of carbonyl (C=O) groups excluding carboxylic acids is 1. The van der Waals surface area contributed by atoms with Crippen molar-refractivity contribution in [1.29, 1.82) is 0 Å². The number of hydrogen-bond acceptors (Lipinski definition) is 3. The average Bonchev–Trinajstić information content (AvgIpc) is 2.96. The summed E-state index contributed by atoms with van der Waals surface area (Å²) in [6.07, 6.45) is 8.26. The van der Waals surface area contributed by atoms with Gasteiger partial charge in [0.2, 0.25) is 5.91 Å². The molecule has 1 saturated carbocycles. The molecule has 2 aromatic carbocycles. The van der Waals surface area contributed by atoms with Crippen LogP contribution in [0, 0.1) is 5.92 Å². The Kier molecular flexibility index (Phi) is 5.26. The number of hydrogen-bond donors (Lipinski definition) is 2. The third kappa shape index (κ3) is 4.06. The molecule has 3 nitrogen and oxygen atoms in total. The fourth-order valence-corrected chi connectivity index (χ4v) is 4.58. The van der Waals surface area contributed by atoms with Crippen LogP contribution in [0.25, 0.3) is 16.2 Å². The molecule has 0 spiro atoms. The Morgan fingerprint density at radius 3 is 2.74 bits per heavy atom. The van der Waals surface area contributed by atoms with Gasteiger partial charge < -0.3 is 10.4 Å². The fraction of sp³-hybridized carbons (Fsp3) is 0.261. The van der Waals surface area contributed by atoms with E-state index < -0.39 is 0 Å². The normalized spacial score (nSPS) is 14.5. The highest BCUT2D eigenvalue weighted by molar-refractivity contribution is 7.19. The molecule has 0 bridgehead atoms. The number of phenols is 1. The zero-order valence-corrected chi connectivity index (χ0v) is 16.0. The van der Waals surface area contributed by atoms with Crippen LogP contribution in [0.5, 0.6) is 5.75 Å². The summed E-state index contributed by atoms with van der Waals surface area (Å²) < 4.78 is 1.14. The Morgan fingerprint density at radius 2 is 2.00 bits per heavy atom. The van der Waals surface area contributed by atoms with Gasteiger partial charge in [-0.2, -0.15) is 0 Å². The number of aromatic hydroxyl groups is 1. The molecule has 4 heteroatoms. The molecule has 1 aliphatic carbocycles. The van der Waals surface area contributed by atoms with Gasteiger partial charge in [-0.05, 0) is 42.2 Å². The number of carbonyl (C=O) groups is 1. The van der Waals surface area contributed by atoms with Gasteiger partial charge in [0.15, 0.2) is 0 Å². The molecule has 0 atom stereocenters. The minimum Gasteiger partial charge on any atom is -0.508 e. The quantitative estimate of drug-likeness (QED) is 0.614. The molecule has 0 saturated heterocycles. The average molecular weight is 378 g/mol. The fourth-order valence-electron chi connectivity index (χ4n) is 3.40. The van der Waals surface area contributed by atoms with Gasteiger partial charge >= 0.3 is 0 Å². The van der Waals surface area contributed by atoms with Crippen molar-refractivity contribution in [2.75, 3.05) is 0 Å². The molecule has 138 valence electrons. The Balaban J connectivity index is 1.56. The highest BCUT2D eigenvalue weighted by atomic mass is 32.1. The summed E-state index contributed by atoms with van der Waals surface area (Å²) in [5.41, 5.74) is 2.30. The minimum atomic E-state index is 0.159. The molecule has 0 radical (unpaired) electrons. The maximum Gasteiger partial charge on any atom is 0.223 e. The van der Waals surface area contributed by atoms with Crippen molar-refractivity contribution in [3.8, 4) is 5.75 Å². The summed E-state index contributed by atoms with van der Waals surface area (Å²) in [5.74, 6) is 0.606. The van der Waals surface area contributed by atoms with Crippen molar-refractivity contribution in [2.45, 2.75) is 32.2 Å². The lowest BCUT2D eigenvalue weighted by Crippen LogP contribution is -2.34. The second-order valence-electron chi connectivity index (χ2n) is 7.05. The van der Waals surface area contributed by atoms with E-state index in [0.717, 1.165) is 41.3 Å². The van der Waals surface area contributed by atoms with Gasteiger partial charge in [-0.15, -0.1) is 11.3 Å². The molecule has 2 N–H and O–H groups in total. The van der Waals surface area contributed by atoms with Crippen LogP contribution >= 0.6 is 11.3 Å². The van der Waals surface area contributed by atoms with E-state index in [1.807, 2.05) is 24.3 Å². The van der Waals surface area contributed by atoms with Gasteiger partial charge in [-0.1, -0.05) is 48.9 Å². The summed E-state index contributed by atoms with van der Waals surface area (Å²) in [7, 11) is 0. The van der Waals surface area contributed by atoms with E-state index in [1.165, 1.54) is 10.4 Å². The Morgan fingerprint density at radius 1 is 1.19 bits per heavy atom. The van der Waals surface area contributed by atoms with Gasteiger partial charge in [0.1, 0.15) is 5.75 Å². The van der Waals surface area contributed by atoms with Crippen LogP contribution in [0.4, 0.5) is 0 Å². The van der Waals surface area contributed by atoms with Gasteiger partial charge in [0.05, 0.1) is 0 Å². The van der Waals surface area contributed by atoms with Crippen LogP contribution in [0.15, 0.2) is 54.6 Å². The van der Waals surface area contributed by atoms with Crippen LogP contribution in [0.3, 0.4) is 0 Å². The molecular formula is C23H23NO2S. The zero-order chi connectivity index (χ0) is 18.6. The van der Waals surface area contributed by atoms with Crippen LogP contribution in [0.2, 0.25) is 0 Å². The minimum absolute atomic E-state index is 0.159. The number of allylic oxidation sites excluding steroid dienone is 1. The molecule has 0 aliphatic heterocycles. The Hall–Kier alpha value is -2.59. The van der Waals surface area contributed by atoms with Crippen molar-refractivity contribution in [2.24, 2.45) is 5.92 Å². The Bertz CT molecular complexity index is 971. The lowest BCUT2D eigenvalue weighted by atomic mass is 9.85. The van der Waals surface area contributed by atoms with Gasteiger partial charge in [-0.3, -0.25) is 4.79 Å². The van der Waals surface area contributed by atoms with Crippen LogP contribution in [-0.4, -0.2) is 11.0 Å². The second-order valence-corrected chi connectivity index (χ2v) is 8.18. The largest absolute Gasteiger partial charge is 0.508 e. The number of rotatable bonds is 6. The summed E-state index contributed by atoms with van der Waals surface area (Å²) in [6.45, 7) is 0.521. The molecule has 1 aliphatic rings. The predicted molar refractivity (Wildman–Crippen MR) is 112 cm³/mol. The van der Waals surface area contributed by atoms with Crippen LogP contribution in [-0.2, 0) is 17.8 Å². The molecule has 3 aromatic rings. The molecule has 1 fully saturated rings. The third-order valence-corrected chi connectivity index (χ3v) is 6.42. The van der Waals surface area contributed by atoms with Crippen LogP contribution in [0.1, 0.15) is 35.3 Å². The summed E-state index contributed by atoms with van der Waals surface area (Å²) in [4.78, 5) is 13.5. The van der Waals surface area contributed by atoms with E-state index in [1.54, 1.807) is 23.5 Å². The molecule has 1 amide bonds. The lowest BCUT2D eigenvalue weighted by Gasteiger charge is -2.24. The molecule has 1 aromatic heterocycles. The summed E-state index contributed by atoms with van der Waals surface area (Å²) >= 11 is 1.73. The van der Waals surface area contributed by atoms with E-state index in [4.69, 9.17) is 0 Å². The number of thiophene rings is 1. The summed E-state index contributed by atoms with van der Waals surface area (Å²) in [5, 5.41) is 14.1. The number of fused-ring (bicyclic) bond motifs is 1. The molecule has 27 heavy (non-hydrogen) atoms. The van der Waals surface area contributed by atoms with Gasteiger partial charge in [-0.25, -0.2) is 0 Å². The first-order valence-electron chi connectivity index (χ1n) is 9.43. The first kappa shape index (κ1) is 17.8. The van der Waals surface area contributed by atoms with E-state index in [0.29, 0.717) is 6.54 Å². The van der Waals surface area contributed by atoms with E-state index in [9.17, 15) is 9.90 Å². The number of nitrogens with one attached hydrogen (secondary N) is 1. The smallest absolute Gasteiger partial charge is 0.223 e. The monoisotopic (exact) mass is 377 g/mol.